The standard InChI is InChI=1S/C16H22FN5/c1-2-9-19-15-12(5-4-8-18)11-20-16(22-15)21-14-7-3-6-13(17)10-14/h3,6-7,10-11H,2,4-5,8-9,18H2,1H3,(H2,19,20,21,22). The molecule has 0 radical (unpaired) electrons. The SMILES string of the molecule is CCCNc1nc(Nc2cccc(F)c2)ncc1CCCN. The van der Waals surface area contributed by atoms with Crippen LogP contribution in [0.5, 0.6) is 0 Å². The first-order valence-corrected chi connectivity index (χ1v) is 7.55. The summed E-state index contributed by atoms with van der Waals surface area (Å²) in [6, 6.07) is 6.22. The van der Waals surface area contributed by atoms with Crippen molar-refractivity contribution >= 4 is 17.5 Å². The maximum absolute atomic E-state index is 13.2. The van der Waals surface area contributed by atoms with E-state index in [9.17, 15) is 4.39 Å². The topological polar surface area (TPSA) is 75.9 Å². The van der Waals surface area contributed by atoms with Crippen LogP contribution in [0.25, 0.3) is 0 Å². The number of nitrogens with one attached hydrogen (secondary N) is 2. The van der Waals surface area contributed by atoms with E-state index in [0.717, 1.165) is 37.2 Å². The van der Waals surface area contributed by atoms with Crippen molar-refractivity contribution in [3.8, 4) is 0 Å². The zero-order chi connectivity index (χ0) is 15.8. The van der Waals surface area contributed by atoms with E-state index in [1.165, 1.54) is 12.1 Å². The third kappa shape index (κ3) is 4.66. The van der Waals surface area contributed by atoms with Gasteiger partial charge in [-0.1, -0.05) is 13.0 Å². The minimum absolute atomic E-state index is 0.297. The van der Waals surface area contributed by atoms with Gasteiger partial charge in [0.25, 0.3) is 0 Å². The van der Waals surface area contributed by atoms with Gasteiger partial charge in [-0.2, -0.15) is 4.98 Å². The monoisotopic (exact) mass is 303 g/mol. The summed E-state index contributed by atoms with van der Waals surface area (Å²) in [5.41, 5.74) is 7.23. The van der Waals surface area contributed by atoms with Crippen molar-refractivity contribution in [3.63, 3.8) is 0 Å². The lowest BCUT2D eigenvalue weighted by molar-refractivity contribution is 0.628. The number of nitrogens with two attached hydrogens (primary N) is 1. The molecule has 1 aromatic heterocycles. The van der Waals surface area contributed by atoms with E-state index in [4.69, 9.17) is 5.73 Å². The van der Waals surface area contributed by atoms with Crippen molar-refractivity contribution in [1.29, 1.82) is 0 Å². The summed E-state index contributed by atoms with van der Waals surface area (Å²) < 4.78 is 13.2. The minimum atomic E-state index is -0.297. The van der Waals surface area contributed by atoms with Crippen LogP contribution in [0.2, 0.25) is 0 Å². The number of hydrogen-bond donors (Lipinski definition) is 3. The Morgan fingerprint density at radius 3 is 2.91 bits per heavy atom. The summed E-state index contributed by atoms with van der Waals surface area (Å²) in [7, 11) is 0. The lowest BCUT2D eigenvalue weighted by Crippen LogP contribution is -2.10. The number of aryl methyl sites for hydroxylation is 1. The Labute approximate surface area is 130 Å². The molecule has 2 aromatic rings. The van der Waals surface area contributed by atoms with Crippen LogP contribution in [-0.4, -0.2) is 23.1 Å². The number of benzene rings is 1. The average molecular weight is 303 g/mol. The van der Waals surface area contributed by atoms with E-state index in [-0.39, 0.29) is 5.82 Å². The lowest BCUT2D eigenvalue weighted by atomic mass is 10.1. The third-order valence-electron chi connectivity index (χ3n) is 3.14. The first kappa shape index (κ1) is 16.2. The molecule has 6 heteroatoms. The molecule has 0 bridgehead atoms. The fourth-order valence-corrected chi connectivity index (χ4v) is 2.03. The van der Waals surface area contributed by atoms with Gasteiger partial charge in [-0.25, -0.2) is 9.37 Å². The highest BCUT2D eigenvalue weighted by atomic mass is 19.1. The Balaban J connectivity index is 2.17. The molecule has 0 spiro atoms. The first-order valence-electron chi connectivity index (χ1n) is 7.55. The van der Waals surface area contributed by atoms with Crippen LogP contribution in [0.15, 0.2) is 30.5 Å². The molecule has 0 aliphatic rings. The molecule has 1 heterocycles. The van der Waals surface area contributed by atoms with Crippen molar-refractivity contribution in [2.75, 3.05) is 23.7 Å². The van der Waals surface area contributed by atoms with Crippen molar-refractivity contribution in [3.05, 3.63) is 41.8 Å². The maximum atomic E-state index is 13.2. The molecule has 5 nitrogen and oxygen atoms in total. The number of aromatic nitrogens is 2. The normalized spacial score (nSPS) is 10.5. The van der Waals surface area contributed by atoms with Crippen LogP contribution in [0.1, 0.15) is 25.3 Å². The van der Waals surface area contributed by atoms with Crippen LogP contribution >= 0.6 is 0 Å². The first-order chi connectivity index (χ1) is 10.7. The molecule has 2 rings (SSSR count). The summed E-state index contributed by atoms with van der Waals surface area (Å²) >= 11 is 0. The quantitative estimate of drug-likeness (QED) is 0.698. The van der Waals surface area contributed by atoms with E-state index < -0.39 is 0 Å². The van der Waals surface area contributed by atoms with Crippen molar-refractivity contribution in [1.82, 2.24) is 9.97 Å². The molecule has 1 aromatic carbocycles. The average Bonchev–Trinajstić information content (AvgIpc) is 2.52. The Morgan fingerprint density at radius 1 is 1.32 bits per heavy atom. The van der Waals surface area contributed by atoms with Crippen molar-refractivity contribution in [2.24, 2.45) is 5.73 Å². The second-order valence-corrected chi connectivity index (χ2v) is 5.02. The van der Waals surface area contributed by atoms with Crippen LogP contribution < -0.4 is 16.4 Å². The molecule has 22 heavy (non-hydrogen) atoms. The van der Waals surface area contributed by atoms with E-state index >= 15 is 0 Å². The van der Waals surface area contributed by atoms with Crippen LogP contribution in [0.4, 0.5) is 21.8 Å². The van der Waals surface area contributed by atoms with Gasteiger partial charge in [0, 0.05) is 24.0 Å². The fourth-order valence-electron chi connectivity index (χ4n) is 2.03. The Hall–Kier alpha value is -2.21. The van der Waals surface area contributed by atoms with Crippen LogP contribution in [0, 0.1) is 5.82 Å². The molecule has 0 aliphatic heterocycles. The van der Waals surface area contributed by atoms with E-state index in [0.29, 0.717) is 18.2 Å². The second kappa shape index (κ2) is 8.29. The number of anilines is 3. The van der Waals surface area contributed by atoms with Crippen molar-refractivity contribution in [2.45, 2.75) is 26.2 Å². The zero-order valence-electron chi connectivity index (χ0n) is 12.8. The number of halogens is 1. The molecule has 0 saturated heterocycles. The van der Waals surface area contributed by atoms with E-state index in [1.54, 1.807) is 18.3 Å². The van der Waals surface area contributed by atoms with Crippen LogP contribution in [0.3, 0.4) is 0 Å². The molecule has 0 saturated carbocycles. The largest absolute Gasteiger partial charge is 0.370 e. The molecule has 4 N–H and O–H groups in total. The highest BCUT2D eigenvalue weighted by Crippen LogP contribution is 2.19. The van der Waals surface area contributed by atoms with E-state index in [1.807, 2.05) is 0 Å². The van der Waals surface area contributed by atoms with Gasteiger partial charge < -0.3 is 16.4 Å². The Morgan fingerprint density at radius 2 is 2.18 bits per heavy atom. The zero-order valence-corrected chi connectivity index (χ0v) is 12.8. The second-order valence-electron chi connectivity index (χ2n) is 5.02. The Kier molecular flexibility index (Phi) is 6.09. The van der Waals surface area contributed by atoms with Gasteiger partial charge in [-0.3, -0.25) is 0 Å². The molecule has 0 amide bonds. The van der Waals surface area contributed by atoms with Gasteiger partial charge in [0.1, 0.15) is 11.6 Å². The van der Waals surface area contributed by atoms with Gasteiger partial charge in [0.05, 0.1) is 0 Å². The van der Waals surface area contributed by atoms with Gasteiger partial charge in [-0.15, -0.1) is 0 Å². The number of nitrogens with zero attached hydrogens (tertiary/aromatic N) is 2. The molecular formula is C16H22FN5. The van der Waals surface area contributed by atoms with Gasteiger partial charge in [0.15, 0.2) is 0 Å². The smallest absolute Gasteiger partial charge is 0.229 e. The van der Waals surface area contributed by atoms with Gasteiger partial charge in [-0.05, 0) is 44.0 Å². The molecule has 0 unspecified atom stereocenters. The van der Waals surface area contributed by atoms with Gasteiger partial charge >= 0.3 is 0 Å². The summed E-state index contributed by atoms with van der Waals surface area (Å²) in [5.74, 6) is 0.957. The Bertz CT molecular complexity index is 603. The molecule has 118 valence electrons. The number of hydrogen-bond acceptors (Lipinski definition) is 5. The van der Waals surface area contributed by atoms with Gasteiger partial charge in [0.2, 0.25) is 5.95 Å². The molecule has 0 atom stereocenters. The summed E-state index contributed by atoms with van der Waals surface area (Å²) in [5, 5.41) is 6.32. The summed E-state index contributed by atoms with van der Waals surface area (Å²) in [6.45, 7) is 3.57. The summed E-state index contributed by atoms with van der Waals surface area (Å²) in [6.07, 6.45) is 4.53. The molecule has 0 aliphatic carbocycles. The predicted molar refractivity (Wildman–Crippen MR) is 87.9 cm³/mol. The molecule has 0 fully saturated rings. The predicted octanol–water partition coefficient (Wildman–Crippen LogP) is 3.07. The minimum Gasteiger partial charge on any atom is -0.370 e. The van der Waals surface area contributed by atoms with Crippen LogP contribution in [-0.2, 0) is 6.42 Å². The highest BCUT2D eigenvalue weighted by Gasteiger charge is 2.07. The maximum Gasteiger partial charge on any atom is 0.229 e. The fraction of sp³-hybridized carbons (Fsp3) is 0.375. The number of rotatable bonds is 8. The van der Waals surface area contributed by atoms with Crippen molar-refractivity contribution < 1.29 is 4.39 Å². The highest BCUT2D eigenvalue weighted by molar-refractivity contribution is 5.56. The molecular weight excluding hydrogens is 281 g/mol. The summed E-state index contributed by atoms with van der Waals surface area (Å²) in [4.78, 5) is 8.79. The third-order valence-corrected chi connectivity index (χ3v) is 3.14. The van der Waals surface area contributed by atoms with E-state index in [2.05, 4.69) is 27.5 Å². The lowest BCUT2D eigenvalue weighted by Gasteiger charge is -2.12.